The summed E-state index contributed by atoms with van der Waals surface area (Å²) in [5.41, 5.74) is 1.30. The van der Waals surface area contributed by atoms with Crippen LogP contribution in [0.15, 0.2) is 47.4 Å². The van der Waals surface area contributed by atoms with Crippen LogP contribution in [0.5, 0.6) is 11.5 Å². The van der Waals surface area contributed by atoms with Gasteiger partial charge in [0.15, 0.2) is 11.6 Å². The number of hydrogen-bond donors (Lipinski definition) is 3. The van der Waals surface area contributed by atoms with Crippen LogP contribution < -0.4 is 14.9 Å². The van der Waals surface area contributed by atoms with Crippen molar-refractivity contribution in [3.8, 4) is 11.5 Å². The third kappa shape index (κ3) is 4.72. The van der Waals surface area contributed by atoms with Gasteiger partial charge in [-0.1, -0.05) is 0 Å². The second-order valence-electron chi connectivity index (χ2n) is 4.97. The maximum Gasteiger partial charge on any atom is 0.261 e. The molecule has 0 saturated heterocycles. The van der Waals surface area contributed by atoms with Gasteiger partial charge in [-0.05, 0) is 49.4 Å². The SMILES string of the molecule is C[C@H](NS(=O)(=O)c1ccc(Oc2ccc(F)cc2)c(F)c1)C(=O)NO. The molecule has 0 fully saturated rings. The lowest BCUT2D eigenvalue weighted by atomic mass is 10.3. The Morgan fingerprint density at radius 1 is 1.16 bits per heavy atom. The van der Waals surface area contributed by atoms with Gasteiger partial charge in [-0.25, -0.2) is 22.7 Å². The topological polar surface area (TPSA) is 105 Å². The first kappa shape index (κ1) is 18.8. The largest absolute Gasteiger partial charge is 0.454 e. The van der Waals surface area contributed by atoms with Crippen molar-refractivity contribution in [2.45, 2.75) is 17.9 Å². The zero-order chi connectivity index (χ0) is 18.6. The van der Waals surface area contributed by atoms with Crippen molar-refractivity contribution in [2.24, 2.45) is 0 Å². The van der Waals surface area contributed by atoms with Crippen molar-refractivity contribution in [1.82, 2.24) is 10.2 Å². The average molecular weight is 372 g/mol. The number of amides is 1. The van der Waals surface area contributed by atoms with Crippen molar-refractivity contribution in [1.29, 1.82) is 0 Å². The van der Waals surface area contributed by atoms with Gasteiger partial charge in [0.1, 0.15) is 17.6 Å². The minimum Gasteiger partial charge on any atom is -0.454 e. The molecule has 1 atom stereocenters. The standard InChI is InChI=1S/C15H14F2N2O5S/c1-9(15(20)18-21)19-25(22,23)12-6-7-14(13(17)8-12)24-11-4-2-10(16)3-5-11/h2-9,19,21H,1H3,(H,18,20)/t9-/m0/s1. The van der Waals surface area contributed by atoms with E-state index in [1.807, 2.05) is 4.72 Å². The summed E-state index contributed by atoms with van der Waals surface area (Å²) in [6.07, 6.45) is 0. The molecule has 0 spiro atoms. The highest BCUT2D eigenvalue weighted by atomic mass is 32.2. The van der Waals surface area contributed by atoms with Crippen LogP contribution in [-0.4, -0.2) is 25.6 Å². The zero-order valence-corrected chi connectivity index (χ0v) is 13.7. The van der Waals surface area contributed by atoms with E-state index in [4.69, 9.17) is 9.94 Å². The molecule has 25 heavy (non-hydrogen) atoms. The van der Waals surface area contributed by atoms with Crippen molar-refractivity contribution in [3.63, 3.8) is 0 Å². The molecule has 1 amide bonds. The van der Waals surface area contributed by atoms with E-state index in [9.17, 15) is 22.0 Å². The Labute approximate surface area is 142 Å². The number of sulfonamides is 1. The van der Waals surface area contributed by atoms with E-state index >= 15 is 0 Å². The summed E-state index contributed by atoms with van der Waals surface area (Å²) in [6.45, 7) is 1.20. The molecule has 0 heterocycles. The Morgan fingerprint density at radius 2 is 1.80 bits per heavy atom. The molecule has 0 aromatic heterocycles. The monoisotopic (exact) mass is 372 g/mol. The Kier molecular flexibility index (Phi) is 5.67. The highest BCUT2D eigenvalue weighted by Crippen LogP contribution is 2.26. The van der Waals surface area contributed by atoms with Crippen LogP contribution >= 0.6 is 0 Å². The van der Waals surface area contributed by atoms with E-state index in [-0.39, 0.29) is 11.5 Å². The summed E-state index contributed by atoms with van der Waals surface area (Å²) in [5.74, 6) is -2.51. The molecule has 2 aromatic rings. The van der Waals surface area contributed by atoms with E-state index in [1.165, 1.54) is 24.5 Å². The molecule has 0 aliphatic rings. The first-order chi connectivity index (χ1) is 11.7. The maximum atomic E-state index is 14.1. The maximum absolute atomic E-state index is 14.1. The van der Waals surface area contributed by atoms with Crippen LogP contribution in [-0.2, 0) is 14.8 Å². The number of rotatable bonds is 6. The van der Waals surface area contributed by atoms with Gasteiger partial charge in [0, 0.05) is 0 Å². The van der Waals surface area contributed by atoms with Gasteiger partial charge in [0.05, 0.1) is 4.90 Å². The molecule has 0 bridgehead atoms. The van der Waals surface area contributed by atoms with E-state index in [0.717, 1.165) is 24.3 Å². The second kappa shape index (κ2) is 7.55. The van der Waals surface area contributed by atoms with E-state index < -0.39 is 38.5 Å². The van der Waals surface area contributed by atoms with Crippen LogP contribution in [0.3, 0.4) is 0 Å². The number of carbonyl (C=O) groups excluding carboxylic acids is 1. The zero-order valence-electron chi connectivity index (χ0n) is 12.9. The predicted octanol–water partition coefficient (Wildman–Crippen LogP) is 1.93. The van der Waals surface area contributed by atoms with E-state index in [2.05, 4.69) is 0 Å². The molecule has 0 aliphatic heterocycles. The highest BCUT2D eigenvalue weighted by molar-refractivity contribution is 7.89. The highest BCUT2D eigenvalue weighted by Gasteiger charge is 2.23. The van der Waals surface area contributed by atoms with Gasteiger partial charge in [-0.15, -0.1) is 0 Å². The number of halogens is 2. The predicted molar refractivity (Wildman–Crippen MR) is 82.6 cm³/mol. The molecule has 3 N–H and O–H groups in total. The Morgan fingerprint density at radius 3 is 2.36 bits per heavy atom. The smallest absolute Gasteiger partial charge is 0.261 e. The van der Waals surface area contributed by atoms with Crippen molar-refractivity contribution < 1.29 is 31.9 Å². The molecular formula is C15H14F2N2O5S. The molecule has 7 nitrogen and oxygen atoms in total. The Hall–Kier alpha value is -2.56. The molecule has 10 heteroatoms. The molecule has 0 radical (unpaired) electrons. The van der Waals surface area contributed by atoms with Crippen LogP contribution in [0.2, 0.25) is 0 Å². The second-order valence-corrected chi connectivity index (χ2v) is 6.68. The van der Waals surface area contributed by atoms with Gasteiger partial charge in [0.2, 0.25) is 10.0 Å². The summed E-state index contributed by atoms with van der Waals surface area (Å²) in [4.78, 5) is 10.7. The third-order valence-corrected chi connectivity index (χ3v) is 4.63. The minimum absolute atomic E-state index is 0.169. The molecule has 0 aliphatic carbocycles. The normalized spacial score (nSPS) is 12.5. The molecule has 0 unspecified atom stereocenters. The lowest BCUT2D eigenvalue weighted by Crippen LogP contribution is -2.43. The first-order valence-corrected chi connectivity index (χ1v) is 8.40. The number of benzene rings is 2. The van der Waals surface area contributed by atoms with Crippen molar-refractivity contribution >= 4 is 15.9 Å². The molecular weight excluding hydrogens is 358 g/mol. The van der Waals surface area contributed by atoms with Gasteiger partial charge in [-0.2, -0.15) is 4.72 Å². The molecule has 2 rings (SSSR count). The lowest BCUT2D eigenvalue weighted by Gasteiger charge is -2.13. The molecule has 2 aromatic carbocycles. The lowest BCUT2D eigenvalue weighted by molar-refractivity contribution is -0.130. The fourth-order valence-electron chi connectivity index (χ4n) is 1.81. The fourth-order valence-corrected chi connectivity index (χ4v) is 3.03. The number of hydroxylamine groups is 1. The quantitative estimate of drug-likeness (QED) is 0.531. The van der Waals surface area contributed by atoms with Crippen molar-refractivity contribution in [3.05, 3.63) is 54.1 Å². The summed E-state index contributed by atoms with van der Waals surface area (Å²) in [6, 6.07) is 6.44. The Bertz CT molecular complexity index is 872. The van der Waals surface area contributed by atoms with Crippen LogP contribution in [0.4, 0.5) is 8.78 Å². The summed E-state index contributed by atoms with van der Waals surface area (Å²) >= 11 is 0. The first-order valence-electron chi connectivity index (χ1n) is 6.92. The van der Waals surface area contributed by atoms with Gasteiger partial charge in [-0.3, -0.25) is 10.0 Å². The molecule has 0 saturated carbocycles. The van der Waals surface area contributed by atoms with Crippen molar-refractivity contribution in [2.75, 3.05) is 0 Å². The van der Waals surface area contributed by atoms with E-state index in [0.29, 0.717) is 6.07 Å². The van der Waals surface area contributed by atoms with E-state index in [1.54, 1.807) is 0 Å². The van der Waals surface area contributed by atoms with Crippen LogP contribution in [0.1, 0.15) is 6.92 Å². The van der Waals surface area contributed by atoms with Gasteiger partial charge >= 0.3 is 0 Å². The van der Waals surface area contributed by atoms with Crippen LogP contribution in [0, 0.1) is 11.6 Å². The number of carbonyl (C=O) groups is 1. The van der Waals surface area contributed by atoms with Gasteiger partial charge in [0.25, 0.3) is 5.91 Å². The number of ether oxygens (including phenoxy) is 1. The van der Waals surface area contributed by atoms with Crippen LogP contribution in [0.25, 0.3) is 0 Å². The number of nitrogens with one attached hydrogen (secondary N) is 2. The Balaban J connectivity index is 2.20. The third-order valence-electron chi connectivity index (χ3n) is 3.09. The number of hydrogen-bond acceptors (Lipinski definition) is 5. The molecule has 134 valence electrons. The summed E-state index contributed by atoms with van der Waals surface area (Å²) in [5, 5.41) is 8.48. The average Bonchev–Trinajstić information content (AvgIpc) is 2.57. The summed E-state index contributed by atoms with van der Waals surface area (Å²) < 4.78 is 58.3. The van der Waals surface area contributed by atoms with Gasteiger partial charge < -0.3 is 4.74 Å². The fraction of sp³-hybridized carbons (Fsp3) is 0.133. The summed E-state index contributed by atoms with van der Waals surface area (Å²) in [7, 11) is -4.20. The minimum atomic E-state index is -4.20.